The number of ether oxygens (including phenoxy) is 1. The first-order valence-electron chi connectivity index (χ1n) is 12.4. The minimum Gasteiger partial charge on any atom is -0.497 e. The Labute approximate surface area is 216 Å². The molecule has 0 spiro atoms. The van der Waals surface area contributed by atoms with Crippen molar-refractivity contribution in [1.29, 1.82) is 0 Å². The van der Waals surface area contributed by atoms with E-state index in [2.05, 4.69) is 17.0 Å². The van der Waals surface area contributed by atoms with Gasteiger partial charge in [-0.15, -0.1) is 0 Å². The molecule has 0 radical (unpaired) electrons. The highest BCUT2D eigenvalue weighted by Gasteiger charge is 2.26. The summed E-state index contributed by atoms with van der Waals surface area (Å²) in [7, 11) is 1.61. The van der Waals surface area contributed by atoms with Gasteiger partial charge in [0, 0.05) is 55.0 Å². The van der Waals surface area contributed by atoms with E-state index >= 15 is 0 Å². The zero-order valence-electron chi connectivity index (χ0n) is 21.0. The number of aromatic nitrogens is 2. The molecule has 1 amide bonds. The minimum atomic E-state index is -0.320. The summed E-state index contributed by atoms with van der Waals surface area (Å²) < 4.78 is 19.2. The summed E-state index contributed by atoms with van der Waals surface area (Å²) in [5.74, 6) is 1.75. The fraction of sp³-hybridized carbons (Fsp3) is 0.233. The van der Waals surface area contributed by atoms with E-state index in [1.54, 1.807) is 37.4 Å². The summed E-state index contributed by atoms with van der Waals surface area (Å²) in [6.45, 7) is 4.42. The van der Waals surface area contributed by atoms with Crippen LogP contribution in [-0.2, 0) is 6.42 Å². The van der Waals surface area contributed by atoms with E-state index in [4.69, 9.17) is 14.7 Å². The molecule has 0 N–H and O–H groups in total. The molecule has 4 aromatic rings. The van der Waals surface area contributed by atoms with Crippen LogP contribution in [-0.4, -0.2) is 54.1 Å². The molecule has 3 aromatic carbocycles. The van der Waals surface area contributed by atoms with Crippen LogP contribution >= 0.6 is 0 Å². The second-order valence-corrected chi connectivity index (χ2v) is 9.12. The monoisotopic (exact) mass is 496 g/mol. The summed E-state index contributed by atoms with van der Waals surface area (Å²) >= 11 is 0. The Morgan fingerprint density at radius 1 is 0.919 bits per heavy atom. The number of rotatable bonds is 6. The first-order chi connectivity index (χ1) is 18.0. The van der Waals surface area contributed by atoms with Crippen LogP contribution in [0.4, 0.5) is 10.2 Å². The quantitative estimate of drug-likeness (QED) is 0.369. The van der Waals surface area contributed by atoms with Gasteiger partial charge in [0.25, 0.3) is 5.91 Å². The Bertz CT molecular complexity index is 1380. The highest BCUT2D eigenvalue weighted by atomic mass is 19.1. The number of benzene rings is 3. The van der Waals surface area contributed by atoms with Crippen molar-refractivity contribution in [1.82, 2.24) is 14.9 Å². The van der Waals surface area contributed by atoms with Crippen LogP contribution in [0.3, 0.4) is 0 Å². The summed E-state index contributed by atoms with van der Waals surface area (Å²) in [6.07, 6.45) is 0.691. The molecule has 0 atom stereocenters. The van der Waals surface area contributed by atoms with Gasteiger partial charge >= 0.3 is 0 Å². The van der Waals surface area contributed by atoms with Crippen molar-refractivity contribution < 1.29 is 13.9 Å². The van der Waals surface area contributed by atoms with Gasteiger partial charge in [0.15, 0.2) is 5.82 Å². The van der Waals surface area contributed by atoms with Crippen LogP contribution in [0, 0.1) is 12.7 Å². The van der Waals surface area contributed by atoms with E-state index < -0.39 is 0 Å². The van der Waals surface area contributed by atoms with Gasteiger partial charge in [-0.25, -0.2) is 14.4 Å². The number of halogens is 1. The molecule has 37 heavy (non-hydrogen) atoms. The molecule has 6 nitrogen and oxygen atoms in total. The molecule has 1 fully saturated rings. The van der Waals surface area contributed by atoms with Crippen LogP contribution in [0.1, 0.15) is 27.2 Å². The molecular weight excluding hydrogens is 467 g/mol. The summed E-state index contributed by atoms with van der Waals surface area (Å²) in [4.78, 5) is 26.9. The van der Waals surface area contributed by atoms with Crippen molar-refractivity contribution in [3.63, 3.8) is 0 Å². The van der Waals surface area contributed by atoms with E-state index in [0.717, 1.165) is 22.8 Å². The largest absolute Gasteiger partial charge is 0.497 e. The maximum Gasteiger partial charge on any atom is 0.253 e. The van der Waals surface area contributed by atoms with Crippen LogP contribution in [0.2, 0.25) is 0 Å². The molecule has 2 heterocycles. The first-order valence-corrected chi connectivity index (χ1v) is 12.4. The average molecular weight is 497 g/mol. The van der Waals surface area contributed by atoms with E-state index in [1.165, 1.54) is 17.7 Å². The van der Waals surface area contributed by atoms with Gasteiger partial charge in [0.05, 0.1) is 7.11 Å². The normalized spacial score (nSPS) is 13.5. The molecule has 1 saturated heterocycles. The zero-order valence-corrected chi connectivity index (χ0v) is 21.0. The Morgan fingerprint density at radius 2 is 1.65 bits per heavy atom. The predicted molar refractivity (Wildman–Crippen MR) is 143 cm³/mol. The molecule has 1 aromatic heterocycles. The van der Waals surface area contributed by atoms with Crippen LogP contribution in [0.15, 0.2) is 78.9 Å². The van der Waals surface area contributed by atoms with Gasteiger partial charge in [-0.3, -0.25) is 4.79 Å². The molecule has 0 aliphatic carbocycles. The van der Waals surface area contributed by atoms with Crippen molar-refractivity contribution in [2.75, 3.05) is 38.2 Å². The number of hydrogen-bond donors (Lipinski definition) is 0. The van der Waals surface area contributed by atoms with Gasteiger partial charge in [0.1, 0.15) is 17.4 Å². The fourth-order valence-electron chi connectivity index (χ4n) is 4.64. The van der Waals surface area contributed by atoms with Gasteiger partial charge < -0.3 is 14.5 Å². The zero-order chi connectivity index (χ0) is 25.8. The number of hydrogen-bond acceptors (Lipinski definition) is 5. The molecule has 5 rings (SSSR count). The molecule has 0 unspecified atom stereocenters. The second-order valence-electron chi connectivity index (χ2n) is 9.12. The lowest BCUT2D eigenvalue weighted by Gasteiger charge is -2.36. The lowest BCUT2D eigenvalue weighted by molar-refractivity contribution is 0.0746. The topological polar surface area (TPSA) is 58.6 Å². The summed E-state index contributed by atoms with van der Waals surface area (Å²) in [5, 5.41) is 0. The smallest absolute Gasteiger partial charge is 0.253 e. The van der Waals surface area contributed by atoms with E-state index in [1.807, 2.05) is 36.1 Å². The molecule has 0 saturated carbocycles. The number of anilines is 1. The fourth-order valence-corrected chi connectivity index (χ4v) is 4.64. The van der Waals surface area contributed by atoms with Crippen molar-refractivity contribution >= 4 is 11.7 Å². The standard InChI is InChI=1S/C30H29FN4O2/c1-21-27(19-22-7-4-3-5-8-22)29(33-28(32-21)24-9-6-10-25(31)20-24)34-15-17-35(18-16-34)30(36)23-11-13-26(37-2)14-12-23/h3-14,20H,15-19H2,1-2H3. The molecule has 188 valence electrons. The van der Waals surface area contributed by atoms with Crippen molar-refractivity contribution in [3.8, 4) is 17.1 Å². The van der Waals surface area contributed by atoms with Gasteiger partial charge in [0.2, 0.25) is 0 Å². The highest BCUT2D eigenvalue weighted by Crippen LogP contribution is 2.29. The second kappa shape index (κ2) is 10.8. The third-order valence-electron chi connectivity index (χ3n) is 6.70. The Balaban J connectivity index is 1.42. The summed E-state index contributed by atoms with van der Waals surface area (Å²) in [5.41, 5.74) is 4.36. The van der Waals surface area contributed by atoms with Gasteiger partial charge in [-0.1, -0.05) is 42.5 Å². The van der Waals surface area contributed by atoms with E-state index in [9.17, 15) is 9.18 Å². The van der Waals surface area contributed by atoms with Crippen molar-refractivity contribution in [2.45, 2.75) is 13.3 Å². The van der Waals surface area contributed by atoms with Gasteiger partial charge in [-0.2, -0.15) is 0 Å². The lowest BCUT2D eigenvalue weighted by atomic mass is 10.0. The minimum absolute atomic E-state index is 0.00568. The Morgan fingerprint density at radius 3 is 2.32 bits per heavy atom. The Kier molecular flexibility index (Phi) is 7.12. The van der Waals surface area contributed by atoms with Gasteiger partial charge in [-0.05, 0) is 48.9 Å². The van der Waals surface area contributed by atoms with Crippen molar-refractivity contribution in [3.05, 3.63) is 107 Å². The van der Waals surface area contributed by atoms with Crippen LogP contribution in [0.25, 0.3) is 11.4 Å². The van der Waals surface area contributed by atoms with Crippen molar-refractivity contribution in [2.24, 2.45) is 0 Å². The molecule has 0 bridgehead atoms. The predicted octanol–water partition coefficient (Wildman–Crippen LogP) is 5.15. The highest BCUT2D eigenvalue weighted by molar-refractivity contribution is 5.94. The number of amides is 1. The first kappa shape index (κ1) is 24.4. The summed E-state index contributed by atoms with van der Waals surface area (Å²) in [6, 6.07) is 23.8. The number of methoxy groups -OCH3 is 1. The maximum atomic E-state index is 14.0. The number of nitrogens with zero attached hydrogens (tertiary/aromatic N) is 4. The number of aryl methyl sites for hydroxylation is 1. The van der Waals surface area contributed by atoms with E-state index in [-0.39, 0.29) is 11.7 Å². The molecular formula is C30H29FN4O2. The van der Waals surface area contributed by atoms with E-state index in [0.29, 0.717) is 49.6 Å². The number of carbonyl (C=O) groups excluding carboxylic acids is 1. The SMILES string of the molecule is COc1ccc(C(=O)N2CCN(c3nc(-c4cccc(F)c4)nc(C)c3Cc3ccccc3)CC2)cc1. The lowest BCUT2D eigenvalue weighted by Crippen LogP contribution is -2.49. The van der Waals surface area contributed by atoms with Crippen LogP contribution < -0.4 is 9.64 Å². The maximum absolute atomic E-state index is 14.0. The number of carbonyl (C=O) groups is 1. The molecule has 7 heteroatoms. The Hall–Kier alpha value is -4.26. The van der Waals surface area contributed by atoms with Crippen LogP contribution in [0.5, 0.6) is 5.75 Å². The average Bonchev–Trinajstić information content (AvgIpc) is 2.94. The number of piperazine rings is 1. The molecule has 1 aliphatic heterocycles. The third-order valence-corrected chi connectivity index (χ3v) is 6.70. The third kappa shape index (κ3) is 5.45. The molecule has 1 aliphatic rings.